The maximum Gasteiger partial charge on any atom is 0.0937 e. The Kier molecular flexibility index (Phi) is 6.33. The van der Waals surface area contributed by atoms with Gasteiger partial charge in [0.15, 0.2) is 0 Å². The SMILES string of the molecule is C=C(C)C#N.C=Cc1ccc(C=C)cc1. The molecule has 76 valence electrons. The minimum Gasteiger partial charge on any atom is -0.193 e. The van der Waals surface area contributed by atoms with Crippen molar-refractivity contribution >= 4 is 12.2 Å². The highest BCUT2D eigenvalue weighted by molar-refractivity contribution is 5.53. The lowest BCUT2D eigenvalue weighted by molar-refractivity contribution is 1.46. The molecule has 1 aromatic rings. The number of hydrogen-bond acceptors (Lipinski definition) is 1. The summed E-state index contributed by atoms with van der Waals surface area (Å²) in [6.07, 6.45) is 3.65. The monoisotopic (exact) mass is 197 g/mol. The molecule has 0 aromatic heterocycles. The van der Waals surface area contributed by atoms with Crippen LogP contribution in [0.15, 0.2) is 49.6 Å². The van der Waals surface area contributed by atoms with Crippen LogP contribution in [0.2, 0.25) is 0 Å². The predicted octanol–water partition coefficient (Wildman–Crippen LogP) is 4.06. The van der Waals surface area contributed by atoms with E-state index >= 15 is 0 Å². The van der Waals surface area contributed by atoms with Gasteiger partial charge in [0.25, 0.3) is 0 Å². The topological polar surface area (TPSA) is 23.8 Å². The van der Waals surface area contributed by atoms with E-state index < -0.39 is 0 Å². The number of hydrogen-bond donors (Lipinski definition) is 0. The van der Waals surface area contributed by atoms with Crippen LogP contribution in [-0.4, -0.2) is 0 Å². The molecule has 15 heavy (non-hydrogen) atoms. The Morgan fingerprint density at radius 2 is 1.40 bits per heavy atom. The standard InChI is InChI=1S/C10H10.C4H5N/c1-3-9-5-7-10(4-2)8-6-9;1-4(2)3-5/h3-8H,1-2H2;1H2,2H3. The molecule has 1 heteroatoms. The van der Waals surface area contributed by atoms with Crippen LogP contribution in [0.3, 0.4) is 0 Å². The van der Waals surface area contributed by atoms with E-state index in [0.717, 1.165) is 11.1 Å². The second kappa shape index (κ2) is 7.34. The van der Waals surface area contributed by atoms with Gasteiger partial charge in [-0.1, -0.05) is 56.2 Å². The molecule has 0 aliphatic heterocycles. The largest absolute Gasteiger partial charge is 0.193 e. The molecule has 0 atom stereocenters. The predicted molar refractivity (Wildman–Crippen MR) is 67.1 cm³/mol. The minimum absolute atomic E-state index is 0.560. The number of nitriles is 1. The third-order valence-electron chi connectivity index (χ3n) is 1.60. The lowest BCUT2D eigenvalue weighted by Crippen LogP contribution is -1.71. The first kappa shape index (κ1) is 12.9. The zero-order valence-electron chi connectivity index (χ0n) is 9.03. The van der Waals surface area contributed by atoms with Gasteiger partial charge in [-0.15, -0.1) is 0 Å². The smallest absolute Gasteiger partial charge is 0.0937 e. The van der Waals surface area contributed by atoms with Gasteiger partial charge in [0, 0.05) is 5.57 Å². The fourth-order valence-electron chi connectivity index (χ4n) is 0.768. The van der Waals surface area contributed by atoms with Crippen LogP contribution in [0, 0.1) is 11.3 Å². The van der Waals surface area contributed by atoms with E-state index in [2.05, 4.69) is 19.7 Å². The molecule has 0 aliphatic rings. The Labute approximate surface area is 91.7 Å². The Morgan fingerprint density at radius 3 is 1.53 bits per heavy atom. The van der Waals surface area contributed by atoms with Crippen molar-refractivity contribution in [1.82, 2.24) is 0 Å². The van der Waals surface area contributed by atoms with Crippen molar-refractivity contribution in [3.05, 3.63) is 60.7 Å². The van der Waals surface area contributed by atoms with E-state index in [1.54, 1.807) is 6.92 Å². The first-order chi connectivity index (χ1) is 7.13. The van der Waals surface area contributed by atoms with Gasteiger partial charge in [-0.2, -0.15) is 5.26 Å². The average molecular weight is 197 g/mol. The van der Waals surface area contributed by atoms with Gasteiger partial charge in [-0.05, 0) is 18.1 Å². The highest BCUT2D eigenvalue weighted by atomic mass is 14.2. The molecule has 0 aliphatic carbocycles. The molecule has 0 heterocycles. The van der Waals surface area contributed by atoms with Gasteiger partial charge in [0.05, 0.1) is 6.07 Å². The Bertz CT molecular complexity index is 350. The van der Waals surface area contributed by atoms with Crippen LogP contribution < -0.4 is 0 Å². The third-order valence-corrected chi connectivity index (χ3v) is 1.60. The second-order valence-corrected chi connectivity index (χ2v) is 2.97. The van der Waals surface area contributed by atoms with Gasteiger partial charge >= 0.3 is 0 Å². The van der Waals surface area contributed by atoms with Crippen LogP contribution in [0.25, 0.3) is 12.2 Å². The van der Waals surface area contributed by atoms with Crippen molar-refractivity contribution in [2.24, 2.45) is 0 Å². The maximum atomic E-state index is 7.79. The van der Waals surface area contributed by atoms with Crippen molar-refractivity contribution in [1.29, 1.82) is 5.26 Å². The van der Waals surface area contributed by atoms with Crippen molar-refractivity contribution in [3.63, 3.8) is 0 Å². The van der Waals surface area contributed by atoms with Crippen LogP contribution in [0.5, 0.6) is 0 Å². The van der Waals surface area contributed by atoms with Gasteiger partial charge in [0.2, 0.25) is 0 Å². The van der Waals surface area contributed by atoms with E-state index in [0.29, 0.717) is 5.57 Å². The molecule has 0 N–H and O–H groups in total. The van der Waals surface area contributed by atoms with E-state index in [4.69, 9.17) is 5.26 Å². The number of benzene rings is 1. The van der Waals surface area contributed by atoms with E-state index in [1.165, 1.54) is 0 Å². The molecule has 0 unspecified atom stereocenters. The third kappa shape index (κ3) is 6.06. The normalized spacial score (nSPS) is 7.73. The summed E-state index contributed by atoms with van der Waals surface area (Å²) < 4.78 is 0. The van der Waals surface area contributed by atoms with Gasteiger partial charge < -0.3 is 0 Å². The molecule has 0 radical (unpaired) electrons. The molecule has 1 aromatic carbocycles. The zero-order valence-corrected chi connectivity index (χ0v) is 9.03. The molecule has 0 bridgehead atoms. The van der Waals surface area contributed by atoms with Crippen molar-refractivity contribution in [2.45, 2.75) is 6.92 Å². The van der Waals surface area contributed by atoms with Gasteiger partial charge in [-0.3, -0.25) is 0 Å². The van der Waals surface area contributed by atoms with E-state index in [1.807, 2.05) is 42.5 Å². The fourth-order valence-corrected chi connectivity index (χ4v) is 0.768. The van der Waals surface area contributed by atoms with Gasteiger partial charge in [0.1, 0.15) is 0 Å². The summed E-state index contributed by atoms with van der Waals surface area (Å²) in [7, 11) is 0. The van der Waals surface area contributed by atoms with E-state index in [9.17, 15) is 0 Å². The highest BCUT2D eigenvalue weighted by Crippen LogP contribution is 2.05. The molecule has 1 rings (SSSR count). The molecule has 0 saturated carbocycles. The summed E-state index contributed by atoms with van der Waals surface area (Å²) in [6, 6.07) is 9.90. The highest BCUT2D eigenvalue weighted by Gasteiger charge is 1.84. The van der Waals surface area contributed by atoms with Gasteiger partial charge in [-0.25, -0.2) is 0 Å². The lowest BCUT2D eigenvalue weighted by atomic mass is 10.1. The molecular formula is C14H15N. The molecule has 1 nitrogen and oxygen atoms in total. The average Bonchev–Trinajstić information content (AvgIpc) is 2.30. The van der Waals surface area contributed by atoms with Crippen LogP contribution >= 0.6 is 0 Å². The molecule has 0 fully saturated rings. The van der Waals surface area contributed by atoms with Crippen molar-refractivity contribution < 1.29 is 0 Å². The summed E-state index contributed by atoms with van der Waals surface area (Å²) in [5, 5.41) is 7.79. The summed E-state index contributed by atoms with van der Waals surface area (Å²) in [5.41, 5.74) is 2.85. The van der Waals surface area contributed by atoms with Crippen LogP contribution in [-0.2, 0) is 0 Å². The molecule has 0 saturated heterocycles. The quantitative estimate of drug-likeness (QED) is 0.656. The zero-order chi connectivity index (χ0) is 11.7. The van der Waals surface area contributed by atoms with Crippen molar-refractivity contribution in [3.8, 4) is 6.07 Å². The fraction of sp³-hybridized carbons (Fsp3) is 0.0714. The molecule has 0 amide bonds. The summed E-state index contributed by atoms with van der Waals surface area (Å²) in [6.45, 7) is 12.3. The first-order valence-electron chi connectivity index (χ1n) is 4.54. The Balaban J connectivity index is 0.000000336. The summed E-state index contributed by atoms with van der Waals surface area (Å²) >= 11 is 0. The van der Waals surface area contributed by atoms with E-state index in [-0.39, 0.29) is 0 Å². The van der Waals surface area contributed by atoms with Crippen molar-refractivity contribution in [2.75, 3.05) is 0 Å². The lowest BCUT2D eigenvalue weighted by Gasteiger charge is -1.92. The second-order valence-electron chi connectivity index (χ2n) is 2.97. The summed E-state index contributed by atoms with van der Waals surface area (Å²) in [4.78, 5) is 0. The Morgan fingerprint density at radius 1 is 1.13 bits per heavy atom. The number of rotatable bonds is 2. The number of nitrogens with zero attached hydrogens (tertiary/aromatic N) is 1. The Hall–Kier alpha value is -2.07. The number of allylic oxidation sites excluding steroid dienone is 1. The maximum absolute atomic E-state index is 7.79. The van der Waals surface area contributed by atoms with Crippen LogP contribution in [0.4, 0.5) is 0 Å². The molecular weight excluding hydrogens is 182 g/mol. The minimum atomic E-state index is 0.560. The molecule has 0 spiro atoms. The first-order valence-corrected chi connectivity index (χ1v) is 4.54. The van der Waals surface area contributed by atoms with Crippen LogP contribution in [0.1, 0.15) is 18.1 Å². The summed E-state index contributed by atoms with van der Waals surface area (Å²) in [5.74, 6) is 0.